The van der Waals surface area contributed by atoms with E-state index in [1.54, 1.807) is 4.90 Å². The van der Waals surface area contributed by atoms with E-state index in [9.17, 15) is 9.59 Å². The van der Waals surface area contributed by atoms with Gasteiger partial charge in [0.2, 0.25) is 11.8 Å². The molecule has 2 unspecified atom stereocenters. The highest BCUT2D eigenvalue weighted by Gasteiger charge is 2.49. The van der Waals surface area contributed by atoms with E-state index in [-0.39, 0.29) is 23.7 Å². The van der Waals surface area contributed by atoms with Gasteiger partial charge >= 0.3 is 0 Å². The molecule has 3 rings (SSSR count). The Bertz CT molecular complexity index is 715. The number of nitrogens with one attached hydrogen (secondary N) is 1. The van der Waals surface area contributed by atoms with Gasteiger partial charge in [0.25, 0.3) is 0 Å². The molecule has 0 aliphatic heterocycles. The van der Waals surface area contributed by atoms with Crippen LogP contribution in [0, 0.1) is 11.8 Å². The molecule has 2 aromatic carbocycles. The van der Waals surface area contributed by atoms with E-state index >= 15 is 0 Å². The number of para-hydroxylation sites is 1. The lowest BCUT2D eigenvalue weighted by Gasteiger charge is -2.23. The Morgan fingerprint density at radius 3 is 2.28 bits per heavy atom. The minimum absolute atomic E-state index is 0.00734. The summed E-state index contributed by atoms with van der Waals surface area (Å²) in [5.74, 6) is -0.346. The smallest absolute Gasteiger partial charge is 0.231 e. The van der Waals surface area contributed by atoms with Gasteiger partial charge in [-0.15, -0.1) is 0 Å². The molecule has 1 fully saturated rings. The average molecular weight is 336 g/mol. The number of amides is 2. The van der Waals surface area contributed by atoms with Gasteiger partial charge in [0.05, 0.1) is 18.4 Å². The topological polar surface area (TPSA) is 49.4 Å². The number of hydrogen-bond acceptors (Lipinski definition) is 2. The first-order valence-corrected chi connectivity index (χ1v) is 8.88. The number of hydrogen-bond donors (Lipinski definition) is 1. The first kappa shape index (κ1) is 17.2. The molecule has 1 N–H and O–H groups in total. The highest BCUT2D eigenvalue weighted by atomic mass is 16.2. The zero-order chi connectivity index (χ0) is 17.6. The van der Waals surface area contributed by atoms with Crippen LogP contribution in [0.5, 0.6) is 0 Å². The second kappa shape index (κ2) is 7.97. The highest BCUT2D eigenvalue weighted by molar-refractivity contribution is 6.01. The molecular formula is C21H24N2O2. The lowest BCUT2D eigenvalue weighted by molar-refractivity contribution is -0.126. The molecule has 1 aliphatic carbocycles. The van der Waals surface area contributed by atoms with E-state index in [4.69, 9.17) is 0 Å². The van der Waals surface area contributed by atoms with Crippen molar-refractivity contribution in [2.24, 2.45) is 11.8 Å². The number of carbonyl (C=O) groups is 2. The minimum atomic E-state index is -0.208. The quantitative estimate of drug-likeness (QED) is 0.843. The Hall–Kier alpha value is -2.62. The van der Waals surface area contributed by atoms with E-state index < -0.39 is 0 Å². The summed E-state index contributed by atoms with van der Waals surface area (Å²) in [6.07, 6.45) is 1.55. The highest BCUT2D eigenvalue weighted by Crippen LogP contribution is 2.41. The van der Waals surface area contributed by atoms with Crippen LogP contribution in [0.4, 0.5) is 5.69 Å². The Morgan fingerprint density at radius 2 is 1.64 bits per heavy atom. The first-order valence-electron chi connectivity index (χ1n) is 8.88. The zero-order valence-electron chi connectivity index (χ0n) is 14.5. The van der Waals surface area contributed by atoms with Crippen molar-refractivity contribution < 1.29 is 9.59 Å². The van der Waals surface area contributed by atoms with E-state index in [0.29, 0.717) is 19.5 Å². The summed E-state index contributed by atoms with van der Waals surface area (Å²) in [5, 5.41) is 2.90. The summed E-state index contributed by atoms with van der Waals surface area (Å²) in [7, 11) is 0. The first-order chi connectivity index (χ1) is 12.2. The molecule has 130 valence electrons. The summed E-state index contributed by atoms with van der Waals surface area (Å²) in [4.78, 5) is 27.0. The molecule has 2 atom stereocenters. The van der Waals surface area contributed by atoms with Crippen molar-refractivity contribution in [2.75, 3.05) is 11.4 Å². The molecule has 4 nitrogen and oxygen atoms in total. The van der Waals surface area contributed by atoms with Crippen molar-refractivity contribution in [1.29, 1.82) is 0 Å². The number of carbonyl (C=O) groups excluding carboxylic acids is 2. The molecule has 0 bridgehead atoms. The van der Waals surface area contributed by atoms with Gasteiger partial charge in [0.15, 0.2) is 0 Å². The predicted molar refractivity (Wildman–Crippen MR) is 99.0 cm³/mol. The minimum Gasteiger partial charge on any atom is -0.356 e. The molecule has 2 aromatic rings. The molecular weight excluding hydrogens is 312 g/mol. The third-order valence-corrected chi connectivity index (χ3v) is 4.51. The van der Waals surface area contributed by atoms with Crippen LogP contribution < -0.4 is 10.2 Å². The maximum Gasteiger partial charge on any atom is 0.231 e. The van der Waals surface area contributed by atoms with Gasteiger partial charge in [-0.3, -0.25) is 9.59 Å². The summed E-state index contributed by atoms with van der Waals surface area (Å²) < 4.78 is 0. The number of rotatable bonds is 7. The van der Waals surface area contributed by atoms with E-state index in [1.165, 1.54) is 0 Å². The summed E-state index contributed by atoms with van der Waals surface area (Å²) in [6.45, 7) is 3.21. The van der Waals surface area contributed by atoms with Crippen LogP contribution in [-0.4, -0.2) is 18.4 Å². The number of nitrogens with zero attached hydrogens (tertiary/aromatic N) is 1. The van der Waals surface area contributed by atoms with Crippen LogP contribution in [-0.2, 0) is 16.1 Å². The fraction of sp³-hybridized carbons (Fsp3) is 0.333. The molecule has 4 heteroatoms. The van der Waals surface area contributed by atoms with Crippen molar-refractivity contribution in [2.45, 2.75) is 26.3 Å². The molecule has 25 heavy (non-hydrogen) atoms. The van der Waals surface area contributed by atoms with E-state index in [1.807, 2.05) is 67.6 Å². The molecule has 1 saturated carbocycles. The van der Waals surface area contributed by atoms with Crippen LogP contribution in [0.1, 0.15) is 25.3 Å². The maximum atomic E-state index is 13.0. The largest absolute Gasteiger partial charge is 0.356 e. The zero-order valence-corrected chi connectivity index (χ0v) is 14.5. The predicted octanol–water partition coefficient (Wildman–Crippen LogP) is 3.38. The van der Waals surface area contributed by atoms with Crippen LogP contribution >= 0.6 is 0 Å². The van der Waals surface area contributed by atoms with E-state index in [2.05, 4.69) is 5.32 Å². The van der Waals surface area contributed by atoms with Gasteiger partial charge in [-0.05, 0) is 30.5 Å². The standard InChI is InChI=1S/C21H24N2O2/c1-2-13-22-20(24)18-14-19(18)21(25)23(17-11-7-4-8-12-17)15-16-9-5-3-6-10-16/h3-12,18-19H,2,13-15H2,1H3,(H,22,24). The summed E-state index contributed by atoms with van der Waals surface area (Å²) in [5.41, 5.74) is 1.95. The van der Waals surface area contributed by atoms with Crippen LogP contribution in [0.3, 0.4) is 0 Å². The normalized spacial score (nSPS) is 18.4. The van der Waals surface area contributed by atoms with Crippen molar-refractivity contribution in [3.63, 3.8) is 0 Å². The van der Waals surface area contributed by atoms with Crippen molar-refractivity contribution >= 4 is 17.5 Å². The van der Waals surface area contributed by atoms with E-state index in [0.717, 1.165) is 17.7 Å². The monoisotopic (exact) mass is 336 g/mol. The lowest BCUT2D eigenvalue weighted by Crippen LogP contribution is -2.34. The Labute approximate surface area is 148 Å². The van der Waals surface area contributed by atoms with Crippen molar-refractivity contribution in [1.82, 2.24) is 5.32 Å². The van der Waals surface area contributed by atoms with Gasteiger partial charge in [-0.1, -0.05) is 55.5 Å². The number of benzene rings is 2. The van der Waals surface area contributed by atoms with Crippen LogP contribution in [0.15, 0.2) is 60.7 Å². The van der Waals surface area contributed by atoms with Gasteiger partial charge in [-0.25, -0.2) is 0 Å². The Kier molecular flexibility index (Phi) is 5.49. The Morgan fingerprint density at radius 1 is 1.00 bits per heavy atom. The van der Waals surface area contributed by atoms with Crippen molar-refractivity contribution in [3.05, 3.63) is 66.2 Å². The van der Waals surface area contributed by atoms with Crippen LogP contribution in [0.2, 0.25) is 0 Å². The van der Waals surface area contributed by atoms with Gasteiger partial charge in [0, 0.05) is 12.2 Å². The summed E-state index contributed by atoms with van der Waals surface area (Å²) in [6, 6.07) is 19.6. The van der Waals surface area contributed by atoms with Crippen molar-refractivity contribution in [3.8, 4) is 0 Å². The van der Waals surface area contributed by atoms with Crippen LogP contribution in [0.25, 0.3) is 0 Å². The molecule has 0 radical (unpaired) electrons. The maximum absolute atomic E-state index is 13.0. The number of anilines is 1. The summed E-state index contributed by atoms with van der Waals surface area (Å²) >= 11 is 0. The third-order valence-electron chi connectivity index (χ3n) is 4.51. The van der Waals surface area contributed by atoms with Gasteiger partial charge in [0.1, 0.15) is 0 Å². The van der Waals surface area contributed by atoms with Gasteiger partial charge < -0.3 is 10.2 Å². The Balaban J connectivity index is 1.74. The second-order valence-corrected chi connectivity index (χ2v) is 6.49. The molecule has 2 amide bonds. The molecule has 1 aliphatic rings. The average Bonchev–Trinajstić information content (AvgIpc) is 3.46. The van der Waals surface area contributed by atoms with Gasteiger partial charge in [-0.2, -0.15) is 0 Å². The molecule has 0 heterocycles. The molecule has 0 spiro atoms. The molecule has 0 aromatic heterocycles. The molecule has 0 saturated heterocycles. The second-order valence-electron chi connectivity index (χ2n) is 6.49. The SMILES string of the molecule is CCCNC(=O)C1CC1C(=O)N(Cc1ccccc1)c1ccccc1. The third kappa shape index (κ3) is 4.27. The fourth-order valence-electron chi connectivity index (χ4n) is 3.01. The lowest BCUT2D eigenvalue weighted by atomic mass is 10.1. The fourth-order valence-corrected chi connectivity index (χ4v) is 3.01.